The largest absolute Gasteiger partial charge is 0.325 e. The number of hydrogen-bond donors (Lipinski definition) is 1. The van der Waals surface area contributed by atoms with Crippen LogP contribution in [0.5, 0.6) is 0 Å². The first-order chi connectivity index (χ1) is 13.1. The van der Waals surface area contributed by atoms with Crippen molar-refractivity contribution in [2.45, 2.75) is 31.3 Å². The van der Waals surface area contributed by atoms with E-state index in [1.807, 2.05) is 24.3 Å². The van der Waals surface area contributed by atoms with E-state index < -0.39 is 0 Å². The van der Waals surface area contributed by atoms with Crippen LogP contribution in [0.3, 0.4) is 0 Å². The van der Waals surface area contributed by atoms with E-state index >= 15 is 0 Å². The molecule has 0 radical (unpaired) electrons. The van der Waals surface area contributed by atoms with Crippen molar-refractivity contribution in [1.29, 1.82) is 0 Å². The molecule has 8 heteroatoms. The molecule has 0 spiro atoms. The predicted octanol–water partition coefficient (Wildman–Crippen LogP) is 4.05. The van der Waals surface area contributed by atoms with Crippen molar-refractivity contribution >= 4 is 23.4 Å². The summed E-state index contributed by atoms with van der Waals surface area (Å²) >= 11 is 1.19. The summed E-state index contributed by atoms with van der Waals surface area (Å²) in [7, 11) is 0. The Morgan fingerprint density at radius 3 is 2.74 bits per heavy atom. The molecule has 0 saturated heterocycles. The van der Waals surface area contributed by atoms with Gasteiger partial charge in [-0.25, -0.2) is 4.39 Å². The molecule has 6 nitrogen and oxygen atoms in total. The summed E-state index contributed by atoms with van der Waals surface area (Å²) in [5, 5.41) is 14.7. The van der Waals surface area contributed by atoms with E-state index in [9.17, 15) is 9.18 Å². The van der Waals surface area contributed by atoms with Crippen LogP contribution in [0.15, 0.2) is 53.7 Å². The first kappa shape index (κ1) is 19.0. The molecule has 0 aliphatic heterocycles. The van der Waals surface area contributed by atoms with Gasteiger partial charge in [0.2, 0.25) is 11.1 Å². The molecule has 1 amide bonds. The van der Waals surface area contributed by atoms with Crippen LogP contribution < -0.4 is 5.32 Å². The van der Waals surface area contributed by atoms with Crippen LogP contribution in [-0.4, -0.2) is 31.9 Å². The normalized spacial score (nSPS) is 12.0. The van der Waals surface area contributed by atoms with Crippen molar-refractivity contribution < 1.29 is 9.18 Å². The monoisotopic (exact) mass is 385 g/mol. The number of nitrogens with zero attached hydrogens (tertiary/aromatic N) is 4. The van der Waals surface area contributed by atoms with E-state index in [0.29, 0.717) is 16.8 Å². The van der Waals surface area contributed by atoms with Crippen molar-refractivity contribution in [3.8, 4) is 5.69 Å². The summed E-state index contributed by atoms with van der Waals surface area (Å²) in [6, 6.07) is 13.8. The topological polar surface area (TPSA) is 72.7 Å². The van der Waals surface area contributed by atoms with Crippen molar-refractivity contribution in [2.75, 3.05) is 11.1 Å². The zero-order valence-corrected chi connectivity index (χ0v) is 15.9. The molecule has 140 valence electrons. The lowest BCUT2D eigenvalue weighted by Gasteiger charge is -2.10. The molecule has 0 saturated carbocycles. The highest BCUT2D eigenvalue weighted by atomic mass is 32.2. The van der Waals surface area contributed by atoms with Gasteiger partial charge < -0.3 is 5.32 Å². The fourth-order valence-electron chi connectivity index (χ4n) is 2.50. The quantitative estimate of drug-likeness (QED) is 0.621. The third kappa shape index (κ3) is 4.91. The van der Waals surface area contributed by atoms with Crippen LogP contribution in [0.25, 0.3) is 5.69 Å². The zero-order valence-electron chi connectivity index (χ0n) is 15.1. The number of amides is 1. The SMILES string of the molecule is CCC(C)c1ccc(NC(=O)CSc2nnnn2-c2cccc(F)c2)cc1. The number of rotatable bonds is 7. The highest BCUT2D eigenvalue weighted by molar-refractivity contribution is 7.99. The molecule has 0 fully saturated rings. The average molecular weight is 385 g/mol. The Morgan fingerprint density at radius 2 is 2.04 bits per heavy atom. The van der Waals surface area contributed by atoms with E-state index in [0.717, 1.165) is 12.1 Å². The summed E-state index contributed by atoms with van der Waals surface area (Å²) in [5.41, 5.74) is 2.50. The van der Waals surface area contributed by atoms with Crippen molar-refractivity contribution in [1.82, 2.24) is 20.2 Å². The predicted molar refractivity (Wildman–Crippen MR) is 104 cm³/mol. The molecule has 1 atom stereocenters. The molecular formula is C19H20FN5OS. The number of aromatic nitrogens is 4. The number of nitrogens with one attached hydrogen (secondary N) is 1. The third-order valence-electron chi connectivity index (χ3n) is 4.20. The first-order valence-corrected chi connectivity index (χ1v) is 9.62. The van der Waals surface area contributed by atoms with Gasteiger partial charge in [0.05, 0.1) is 11.4 Å². The Kier molecular flexibility index (Phi) is 6.18. The molecule has 2 aromatic carbocycles. The number of anilines is 1. The van der Waals surface area contributed by atoms with Gasteiger partial charge in [-0.3, -0.25) is 4.79 Å². The average Bonchev–Trinajstić information content (AvgIpc) is 3.15. The molecule has 1 aromatic heterocycles. The van der Waals surface area contributed by atoms with Crippen LogP contribution in [0.2, 0.25) is 0 Å². The van der Waals surface area contributed by atoms with Gasteiger partial charge in [-0.15, -0.1) is 5.10 Å². The minimum Gasteiger partial charge on any atom is -0.325 e. The molecule has 1 unspecified atom stereocenters. The molecule has 0 aliphatic rings. The van der Waals surface area contributed by atoms with Gasteiger partial charge in [0.25, 0.3) is 0 Å². The van der Waals surface area contributed by atoms with E-state index in [1.165, 1.54) is 34.1 Å². The van der Waals surface area contributed by atoms with Gasteiger partial charge >= 0.3 is 0 Å². The smallest absolute Gasteiger partial charge is 0.234 e. The third-order valence-corrected chi connectivity index (χ3v) is 5.12. The number of tetrazole rings is 1. The summed E-state index contributed by atoms with van der Waals surface area (Å²) < 4.78 is 14.8. The van der Waals surface area contributed by atoms with Crippen molar-refractivity contribution in [2.24, 2.45) is 0 Å². The summed E-state index contributed by atoms with van der Waals surface area (Å²) in [6.07, 6.45) is 1.07. The fourth-order valence-corrected chi connectivity index (χ4v) is 3.19. The number of thioether (sulfide) groups is 1. The summed E-state index contributed by atoms with van der Waals surface area (Å²) in [5.74, 6) is 0.0950. The summed E-state index contributed by atoms with van der Waals surface area (Å²) in [4.78, 5) is 12.2. The lowest BCUT2D eigenvalue weighted by atomic mass is 9.99. The van der Waals surface area contributed by atoms with Gasteiger partial charge in [-0.1, -0.05) is 43.8 Å². The van der Waals surface area contributed by atoms with Crippen LogP contribution in [0, 0.1) is 5.82 Å². The number of carbonyl (C=O) groups excluding carboxylic acids is 1. The lowest BCUT2D eigenvalue weighted by molar-refractivity contribution is -0.113. The Balaban J connectivity index is 1.59. The fraction of sp³-hybridized carbons (Fsp3) is 0.263. The molecular weight excluding hydrogens is 365 g/mol. The summed E-state index contributed by atoms with van der Waals surface area (Å²) in [6.45, 7) is 4.32. The maximum atomic E-state index is 13.4. The maximum absolute atomic E-state index is 13.4. The van der Waals surface area contributed by atoms with Crippen LogP contribution >= 0.6 is 11.8 Å². The standard InChI is InChI=1S/C19H20FN5OS/c1-3-13(2)14-7-9-16(10-8-14)21-18(26)12-27-19-22-23-24-25(19)17-6-4-5-15(20)11-17/h4-11,13H,3,12H2,1-2H3,(H,21,26). The second kappa shape index (κ2) is 8.77. The van der Waals surface area contributed by atoms with Gasteiger partial charge in [0.15, 0.2) is 0 Å². The Labute approximate surface area is 161 Å². The van der Waals surface area contributed by atoms with Crippen LogP contribution in [0.4, 0.5) is 10.1 Å². The van der Waals surface area contributed by atoms with Crippen molar-refractivity contribution in [3.05, 3.63) is 59.9 Å². The minimum absolute atomic E-state index is 0.142. The molecule has 3 aromatic rings. The van der Waals surface area contributed by atoms with E-state index in [2.05, 4.69) is 34.7 Å². The zero-order chi connectivity index (χ0) is 19.2. The Hall–Kier alpha value is -2.74. The van der Waals surface area contributed by atoms with Gasteiger partial charge in [0.1, 0.15) is 5.82 Å². The second-order valence-corrected chi connectivity index (χ2v) is 7.06. The Bertz CT molecular complexity index is 912. The number of hydrogen-bond acceptors (Lipinski definition) is 5. The van der Waals surface area contributed by atoms with Gasteiger partial charge in [-0.2, -0.15) is 4.68 Å². The minimum atomic E-state index is -0.377. The molecule has 1 N–H and O–H groups in total. The Morgan fingerprint density at radius 1 is 1.26 bits per heavy atom. The molecule has 0 bridgehead atoms. The van der Waals surface area contributed by atoms with E-state index in [1.54, 1.807) is 12.1 Å². The number of halogens is 1. The highest BCUT2D eigenvalue weighted by Crippen LogP contribution is 2.22. The van der Waals surface area contributed by atoms with Crippen LogP contribution in [-0.2, 0) is 4.79 Å². The van der Waals surface area contributed by atoms with Crippen LogP contribution in [0.1, 0.15) is 31.7 Å². The van der Waals surface area contributed by atoms with E-state index in [4.69, 9.17) is 0 Å². The first-order valence-electron chi connectivity index (χ1n) is 8.63. The second-order valence-electron chi connectivity index (χ2n) is 6.12. The van der Waals surface area contributed by atoms with Crippen molar-refractivity contribution in [3.63, 3.8) is 0 Å². The maximum Gasteiger partial charge on any atom is 0.234 e. The molecule has 0 aliphatic carbocycles. The molecule has 3 rings (SSSR count). The van der Waals surface area contributed by atoms with Gasteiger partial charge in [0, 0.05) is 5.69 Å². The molecule has 1 heterocycles. The molecule has 27 heavy (non-hydrogen) atoms. The number of benzene rings is 2. The van der Waals surface area contributed by atoms with E-state index in [-0.39, 0.29) is 17.5 Å². The lowest BCUT2D eigenvalue weighted by Crippen LogP contribution is -2.14. The highest BCUT2D eigenvalue weighted by Gasteiger charge is 2.12. The van der Waals surface area contributed by atoms with Gasteiger partial charge in [-0.05, 0) is 58.7 Å². The number of carbonyl (C=O) groups is 1.